The average molecular weight is 364 g/mol. The minimum Gasteiger partial charge on any atom is -0.493 e. The Balaban J connectivity index is 1.45. The van der Waals surface area contributed by atoms with Crippen LogP contribution in [0, 0.1) is 11.6 Å². The molecule has 4 nitrogen and oxygen atoms in total. The van der Waals surface area contributed by atoms with Gasteiger partial charge < -0.3 is 20.9 Å². The second-order valence-electron chi connectivity index (χ2n) is 6.18. The third kappa shape index (κ3) is 6.78. The van der Waals surface area contributed by atoms with Crippen molar-refractivity contribution >= 4 is 11.4 Å². The highest BCUT2D eigenvalue weighted by molar-refractivity contribution is 5.44. The Morgan fingerprint density at radius 3 is 1.38 bits per heavy atom. The van der Waals surface area contributed by atoms with Crippen LogP contribution in [0.4, 0.5) is 20.2 Å². The van der Waals surface area contributed by atoms with E-state index in [2.05, 4.69) is 0 Å². The summed E-state index contributed by atoms with van der Waals surface area (Å²) in [5.41, 5.74) is 11.1. The summed E-state index contributed by atoms with van der Waals surface area (Å²) in [4.78, 5) is 0. The van der Waals surface area contributed by atoms with Crippen molar-refractivity contribution in [3.63, 3.8) is 0 Å². The number of rotatable bonds is 11. The molecule has 26 heavy (non-hydrogen) atoms. The topological polar surface area (TPSA) is 70.5 Å². The first kappa shape index (κ1) is 19.8. The van der Waals surface area contributed by atoms with Gasteiger partial charge >= 0.3 is 0 Å². The normalized spacial score (nSPS) is 10.7. The van der Waals surface area contributed by atoms with Crippen LogP contribution in [0.3, 0.4) is 0 Å². The summed E-state index contributed by atoms with van der Waals surface area (Å²) >= 11 is 0. The van der Waals surface area contributed by atoms with Crippen LogP contribution in [0.15, 0.2) is 36.4 Å². The Kier molecular flexibility index (Phi) is 7.99. The number of nitrogen functional groups attached to an aromatic ring is 2. The number of anilines is 2. The van der Waals surface area contributed by atoms with E-state index in [-0.39, 0.29) is 11.4 Å². The minimum atomic E-state index is -0.452. The van der Waals surface area contributed by atoms with Crippen LogP contribution in [0.5, 0.6) is 11.5 Å². The van der Waals surface area contributed by atoms with Crippen molar-refractivity contribution < 1.29 is 18.3 Å². The molecule has 6 heteroatoms. The fraction of sp³-hybridized carbons (Fsp3) is 0.400. The van der Waals surface area contributed by atoms with Crippen LogP contribution in [0.1, 0.15) is 38.5 Å². The van der Waals surface area contributed by atoms with Crippen LogP contribution in [0.2, 0.25) is 0 Å². The van der Waals surface area contributed by atoms with Gasteiger partial charge in [-0.15, -0.1) is 0 Å². The van der Waals surface area contributed by atoms with Gasteiger partial charge in [0.25, 0.3) is 0 Å². The summed E-state index contributed by atoms with van der Waals surface area (Å²) in [7, 11) is 0. The molecular formula is C20H26F2N2O2. The van der Waals surface area contributed by atoms with Gasteiger partial charge in [-0.05, 0) is 37.1 Å². The zero-order valence-corrected chi connectivity index (χ0v) is 14.8. The molecule has 0 spiro atoms. The first-order chi connectivity index (χ1) is 12.6. The maximum atomic E-state index is 13.3. The maximum absolute atomic E-state index is 13.3. The highest BCUT2D eigenvalue weighted by Gasteiger charge is 2.02. The largest absolute Gasteiger partial charge is 0.493 e. The van der Waals surface area contributed by atoms with E-state index >= 15 is 0 Å². The highest BCUT2D eigenvalue weighted by Crippen LogP contribution is 2.19. The van der Waals surface area contributed by atoms with Gasteiger partial charge in [0.1, 0.15) is 23.1 Å². The van der Waals surface area contributed by atoms with Crippen LogP contribution >= 0.6 is 0 Å². The molecule has 0 aliphatic heterocycles. The molecular weight excluding hydrogens is 338 g/mol. The van der Waals surface area contributed by atoms with Crippen LogP contribution in [-0.4, -0.2) is 13.2 Å². The molecule has 0 aliphatic rings. The van der Waals surface area contributed by atoms with Crippen LogP contribution in [0.25, 0.3) is 0 Å². The van der Waals surface area contributed by atoms with Gasteiger partial charge in [0.2, 0.25) is 0 Å². The first-order valence-electron chi connectivity index (χ1n) is 8.92. The number of hydrogen-bond donors (Lipinski definition) is 2. The van der Waals surface area contributed by atoms with E-state index in [1.165, 1.54) is 24.3 Å². The number of ether oxygens (including phenoxy) is 2. The molecule has 2 aromatic carbocycles. The van der Waals surface area contributed by atoms with Crippen molar-refractivity contribution in [3.8, 4) is 11.5 Å². The molecule has 142 valence electrons. The lowest BCUT2D eigenvalue weighted by atomic mass is 10.1. The van der Waals surface area contributed by atoms with Gasteiger partial charge in [0.15, 0.2) is 0 Å². The summed E-state index contributed by atoms with van der Waals surface area (Å²) in [6, 6.07) is 8.97. The number of unbranched alkanes of at least 4 members (excludes halogenated alkanes) is 5. The smallest absolute Gasteiger partial charge is 0.149 e. The maximum Gasteiger partial charge on any atom is 0.149 e. The molecule has 0 bridgehead atoms. The van der Waals surface area contributed by atoms with Gasteiger partial charge in [-0.2, -0.15) is 0 Å². The van der Waals surface area contributed by atoms with E-state index in [1.54, 1.807) is 12.1 Å². The van der Waals surface area contributed by atoms with E-state index in [4.69, 9.17) is 20.9 Å². The Morgan fingerprint density at radius 1 is 0.615 bits per heavy atom. The minimum absolute atomic E-state index is 0.128. The molecule has 0 fully saturated rings. The first-order valence-corrected chi connectivity index (χ1v) is 8.92. The molecule has 2 rings (SSSR count). The molecule has 0 saturated heterocycles. The third-order valence-electron chi connectivity index (χ3n) is 4.02. The molecule has 0 unspecified atom stereocenters. The van der Waals surface area contributed by atoms with Crippen LogP contribution in [-0.2, 0) is 0 Å². The lowest BCUT2D eigenvalue weighted by Crippen LogP contribution is -2.00. The van der Waals surface area contributed by atoms with Crippen LogP contribution < -0.4 is 20.9 Å². The Morgan fingerprint density at radius 2 is 1.00 bits per heavy atom. The molecule has 0 atom stereocenters. The Labute approximate surface area is 153 Å². The predicted molar refractivity (Wildman–Crippen MR) is 100 cm³/mol. The SMILES string of the molecule is Nc1ccc(OCCCCCCCCOc2ccc(N)c(F)c2)cc1F. The van der Waals surface area contributed by atoms with Crippen molar-refractivity contribution in [2.75, 3.05) is 24.7 Å². The predicted octanol–water partition coefficient (Wildman–Crippen LogP) is 4.93. The Hall–Kier alpha value is -2.50. The lowest BCUT2D eigenvalue weighted by molar-refractivity contribution is 0.295. The standard InChI is InChI=1S/C20H26F2N2O2/c21-17-13-15(7-9-19(17)23)25-11-5-3-1-2-4-6-12-26-16-8-10-20(24)18(22)14-16/h7-10,13-14H,1-6,11-12,23-24H2. The number of hydrogen-bond acceptors (Lipinski definition) is 4. The van der Waals surface area contributed by atoms with Crippen molar-refractivity contribution in [3.05, 3.63) is 48.0 Å². The van der Waals surface area contributed by atoms with E-state index < -0.39 is 11.6 Å². The van der Waals surface area contributed by atoms with Crippen molar-refractivity contribution in [2.24, 2.45) is 0 Å². The third-order valence-corrected chi connectivity index (χ3v) is 4.02. The Bertz CT molecular complexity index is 636. The number of benzene rings is 2. The van der Waals surface area contributed by atoms with Gasteiger partial charge in [-0.1, -0.05) is 25.7 Å². The number of halogens is 2. The summed E-state index contributed by atoms with van der Waals surface area (Å²) in [6.45, 7) is 1.13. The number of nitrogens with two attached hydrogens (primary N) is 2. The van der Waals surface area contributed by atoms with E-state index in [1.807, 2.05) is 0 Å². The molecule has 0 amide bonds. The zero-order chi connectivity index (χ0) is 18.8. The second-order valence-corrected chi connectivity index (χ2v) is 6.18. The van der Waals surface area contributed by atoms with Crippen molar-refractivity contribution in [2.45, 2.75) is 38.5 Å². The molecule has 4 N–H and O–H groups in total. The van der Waals surface area contributed by atoms with Gasteiger partial charge in [-0.3, -0.25) is 0 Å². The summed E-state index contributed by atoms with van der Waals surface area (Å²) in [6.07, 6.45) is 6.18. The molecule has 0 heterocycles. The molecule has 2 aromatic rings. The fourth-order valence-electron chi connectivity index (χ4n) is 2.49. The monoisotopic (exact) mass is 364 g/mol. The molecule has 0 radical (unpaired) electrons. The van der Waals surface area contributed by atoms with Crippen molar-refractivity contribution in [1.82, 2.24) is 0 Å². The van der Waals surface area contributed by atoms with Gasteiger partial charge in [0.05, 0.1) is 24.6 Å². The van der Waals surface area contributed by atoms with Gasteiger partial charge in [-0.25, -0.2) is 8.78 Å². The van der Waals surface area contributed by atoms with E-state index in [0.29, 0.717) is 24.7 Å². The van der Waals surface area contributed by atoms with E-state index in [0.717, 1.165) is 38.5 Å². The highest BCUT2D eigenvalue weighted by atomic mass is 19.1. The summed E-state index contributed by atoms with van der Waals surface area (Å²) in [5, 5.41) is 0. The quantitative estimate of drug-likeness (QED) is 0.438. The van der Waals surface area contributed by atoms with Gasteiger partial charge in [0, 0.05) is 12.1 Å². The molecule has 0 saturated carbocycles. The summed E-state index contributed by atoms with van der Waals surface area (Å²) in [5.74, 6) is 0.110. The fourth-order valence-corrected chi connectivity index (χ4v) is 2.49. The van der Waals surface area contributed by atoms with E-state index in [9.17, 15) is 8.78 Å². The summed E-state index contributed by atoms with van der Waals surface area (Å²) < 4.78 is 37.5. The lowest BCUT2D eigenvalue weighted by Gasteiger charge is -2.08. The zero-order valence-electron chi connectivity index (χ0n) is 14.8. The molecule has 0 aliphatic carbocycles. The molecule has 0 aromatic heterocycles. The van der Waals surface area contributed by atoms with Crippen molar-refractivity contribution in [1.29, 1.82) is 0 Å². The second kappa shape index (κ2) is 10.5. The average Bonchev–Trinajstić information content (AvgIpc) is 2.62.